The van der Waals surface area contributed by atoms with E-state index in [9.17, 15) is 4.79 Å². The predicted molar refractivity (Wildman–Crippen MR) is 107 cm³/mol. The zero-order valence-corrected chi connectivity index (χ0v) is 16.1. The van der Waals surface area contributed by atoms with Gasteiger partial charge in [0.25, 0.3) is 0 Å². The Morgan fingerprint density at radius 3 is 3.00 bits per heavy atom. The lowest BCUT2D eigenvalue weighted by Crippen LogP contribution is -2.23. The van der Waals surface area contributed by atoms with Crippen molar-refractivity contribution in [3.8, 4) is 0 Å². The first kappa shape index (κ1) is 18.0. The van der Waals surface area contributed by atoms with Gasteiger partial charge in [0, 0.05) is 35.7 Å². The van der Waals surface area contributed by atoms with Crippen LogP contribution in [0, 0.1) is 6.92 Å². The number of amides is 1. The highest BCUT2D eigenvalue weighted by Crippen LogP contribution is 2.22. The molecule has 1 aromatic carbocycles. The molecule has 0 aliphatic heterocycles. The zero-order valence-electron chi connectivity index (χ0n) is 13.7. The Hall–Kier alpha value is -1.76. The minimum Gasteiger partial charge on any atom is -0.352 e. The molecule has 25 heavy (non-hydrogen) atoms. The van der Waals surface area contributed by atoms with Gasteiger partial charge in [-0.1, -0.05) is 41.4 Å². The summed E-state index contributed by atoms with van der Waals surface area (Å²) in [7, 11) is 0. The molecule has 0 bridgehead atoms. The molecule has 1 N–H and O–H groups in total. The van der Waals surface area contributed by atoms with Crippen molar-refractivity contribution >= 4 is 51.6 Å². The predicted octanol–water partition coefficient (Wildman–Crippen LogP) is 4.42. The van der Waals surface area contributed by atoms with E-state index in [1.165, 1.54) is 28.5 Å². The number of hydrogen-bond donors (Lipinski definition) is 1. The van der Waals surface area contributed by atoms with E-state index in [-0.39, 0.29) is 5.91 Å². The van der Waals surface area contributed by atoms with E-state index >= 15 is 0 Å². The van der Waals surface area contributed by atoms with E-state index < -0.39 is 0 Å². The molecule has 4 nitrogen and oxygen atoms in total. The Bertz CT molecular complexity index is 884. The van der Waals surface area contributed by atoms with Crippen molar-refractivity contribution in [1.82, 2.24) is 14.7 Å². The van der Waals surface area contributed by atoms with Gasteiger partial charge in [-0.05, 0) is 18.6 Å². The fourth-order valence-corrected chi connectivity index (χ4v) is 4.08. The first-order valence-corrected chi connectivity index (χ1v) is 10.2. The number of nitrogens with zero attached hydrogens (tertiary/aromatic N) is 2. The molecule has 1 amide bonds. The summed E-state index contributed by atoms with van der Waals surface area (Å²) >= 11 is 9.40. The van der Waals surface area contributed by atoms with Crippen LogP contribution in [0.5, 0.6) is 0 Å². The van der Waals surface area contributed by atoms with Gasteiger partial charge in [-0.2, -0.15) is 11.8 Å². The van der Waals surface area contributed by atoms with Gasteiger partial charge >= 0.3 is 0 Å². The van der Waals surface area contributed by atoms with Crippen molar-refractivity contribution in [2.75, 3.05) is 12.3 Å². The van der Waals surface area contributed by atoms with Crippen molar-refractivity contribution < 1.29 is 4.79 Å². The number of carbonyl (C=O) groups excluding carboxylic acids is 1. The summed E-state index contributed by atoms with van der Waals surface area (Å²) in [5.74, 6) is 1.70. The summed E-state index contributed by atoms with van der Waals surface area (Å²) in [6.45, 7) is 2.72. The minimum atomic E-state index is -0.128. The highest BCUT2D eigenvalue weighted by Gasteiger charge is 2.08. The van der Waals surface area contributed by atoms with Gasteiger partial charge in [0.1, 0.15) is 0 Å². The molecule has 7 heteroatoms. The molecule has 0 radical (unpaired) electrons. The number of carbonyl (C=O) groups is 1. The quantitative estimate of drug-likeness (QED) is 0.479. The molecule has 0 atom stereocenters. The number of benzene rings is 1. The SMILES string of the molecule is Cc1ccc(CSCCNC(=O)/C=C/c2c(Cl)nc3sccn23)cc1. The van der Waals surface area contributed by atoms with Crippen molar-refractivity contribution in [2.24, 2.45) is 0 Å². The van der Waals surface area contributed by atoms with Crippen LogP contribution in [0.2, 0.25) is 5.15 Å². The molecule has 0 aliphatic rings. The summed E-state index contributed by atoms with van der Waals surface area (Å²) in [6.07, 6.45) is 5.08. The third-order valence-electron chi connectivity index (χ3n) is 3.58. The minimum absolute atomic E-state index is 0.128. The maximum absolute atomic E-state index is 11.9. The summed E-state index contributed by atoms with van der Waals surface area (Å²) in [6, 6.07) is 8.53. The molecule has 0 unspecified atom stereocenters. The number of halogens is 1. The highest BCUT2D eigenvalue weighted by molar-refractivity contribution is 7.98. The van der Waals surface area contributed by atoms with Crippen LogP contribution in [-0.4, -0.2) is 27.6 Å². The monoisotopic (exact) mass is 391 g/mol. The Morgan fingerprint density at radius 1 is 1.40 bits per heavy atom. The molecule has 130 valence electrons. The first-order valence-electron chi connectivity index (χ1n) is 7.84. The standard InChI is InChI=1S/C18H18ClN3OS2/c1-13-2-4-14(5-3-13)12-24-10-8-20-16(23)7-6-15-17(19)21-18-22(15)9-11-25-18/h2-7,9,11H,8,10,12H2,1H3,(H,20,23)/b7-6+. The highest BCUT2D eigenvalue weighted by atomic mass is 35.5. The van der Waals surface area contributed by atoms with Crippen molar-refractivity contribution in [3.63, 3.8) is 0 Å². The van der Waals surface area contributed by atoms with Crippen molar-refractivity contribution in [3.05, 3.63) is 63.9 Å². The van der Waals surface area contributed by atoms with Crippen LogP contribution in [0.1, 0.15) is 16.8 Å². The van der Waals surface area contributed by atoms with Crippen molar-refractivity contribution in [2.45, 2.75) is 12.7 Å². The van der Waals surface area contributed by atoms with Gasteiger partial charge in [0.15, 0.2) is 10.1 Å². The Kier molecular flexibility index (Phi) is 6.18. The van der Waals surface area contributed by atoms with Crippen LogP contribution in [0.4, 0.5) is 0 Å². The topological polar surface area (TPSA) is 46.4 Å². The fourth-order valence-electron chi connectivity index (χ4n) is 2.26. The second kappa shape index (κ2) is 8.56. The Balaban J connectivity index is 1.41. The van der Waals surface area contributed by atoms with E-state index in [0.29, 0.717) is 11.7 Å². The van der Waals surface area contributed by atoms with E-state index in [1.807, 2.05) is 16.0 Å². The number of aryl methyl sites for hydroxylation is 1. The molecule has 0 aliphatic carbocycles. The molecule has 3 rings (SSSR count). The molecule has 3 aromatic rings. The average molecular weight is 392 g/mol. The van der Waals surface area contributed by atoms with Gasteiger partial charge in [-0.25, -0.2) is 4.98 Å². The molecular formula is C18H18ClN3OS2. The van der Waals surface area contributed by atoms with E-state index in [0.717, 1.165) is 22.2 Å². The molecule has 0 saturated carbocycles. The molecule has 0 saturated heterocycles. The third kappa shape index (κ3) is 4.87. The van der Waals surface area contributed by atoms with Gasteiger partial charge in [-0.3, -0.25) is 9.20 Å². The van der Waals surface area contributed by atoms with Crippen LogP contribution in [0.25, 0.3) is 11.0 Å². The van der Waals surface area contributed by atoms with Gasteiger partial charge in [-0.15, -0.1) is 11.3 Å². The number of thiazole rings is 1. The number of aromatic nitrogens is 2. The molecule has 0 fully saturated rings. The molecule has 0 spiro atoms. The Labute approximate surface area is 159 Å². The Morgan fingerprint density at radius 2 is 2.20 bits per heavy atom. The number of rotatable bonds is 7. The van der Waals surface area contributed by atoms with Gasteiger partial charge in [0.2, 0.25) is 5.91 Å². The maximum atomic E-state index is 11.9. The average Bonchev–Trinajstić information content (AvgIpc) is 3.15. The lowest BCUT2D eigenvalue weighted by atomic mass is 10.2. The number of imidazole rings is 1. The first-order chi connectivity index (χ1) is 12.1. The van der Waals surface area contributed by atoms with E-state index in [2.05, 4.69) is 41.5 Å². The normalized spacial score (nSPS) is 11.4. The zero-order chi connectivity index (χ0) is 17.6. The maximum Gasteiger partial charge on any atom is 0.244 e. The second-order valence-electron chi connectivity index (χ2n) is 5.51. The van der Waals surface area contributed by atoms with E-state index in [4.69, 9.17) is 11.6 Å². The van der Waals surface area contributed by atoms with Crippen LogP contribution in [0.3, 0.4) is 0 Å². The molecule has 2 aromatic heterocycles. The smallest absolute Gasteiger partial charge is 0.244 e. The van der Waals surface area contributed by atoms with Crippen LogP contribution >= 0.6 is 34.7 Å². The summed E-state index contributed by atoms with van der Waals surface area (Å²) in [4.78, 5) is 17.0. The lowest BCUT2D eigenvalue weighted by Gasteiger charge is -2.03. The van der Waals surface area contributed by atoms with Crippen molar-refractivity contribution in [1.29, 1.82) is 0 Å². The summed E-state index contributed by atoms with van der Waals surface area (Å²) < 4.78 is 1.87. The van der Waals surface area contributed by atoms with Crippen LogP contribution < -0.4 is 5.32 Å². The lowest BCUT2D eigenvalue weighted by molar-refractivity contribution is -0.116. The number of fused-ring (bicyclic) bond motifs is 1. The van der Waals surface area contributed by atoms with Crippen LogP contribution in [0.15, 0.2) is 41.9 Å². The molecule has 2 heterocycles. The fraction of sp³-hybridized carbons (Fsp3) is 0.222. The number of thioether (sulfide) groups is 1. The van der Waals surface area contributed by atoms with Gasteiger partial charge < -0.3 is 5.32 Å². The summed E-state index contributed by atoms with van der Waals surface area (Å²) in [5, 5.41) is 5.22. The number of hydrogen-bond acceptors (Lipinski definition) is 4. The largest absolute Gasteiger partial charge is 0.352 e. The second-order valence-corrected chi connectivity index (χ2v) is 7.84. The van der Waals surface area contributed by atoms with Gasteiger partial charge in [0.05, 0.1) is 5.69 Å². The summed E-state index contributed by atoms with van der Waals surface area (Å²) in [5.41, 5.74) is 3.30. The third-order valence-corrected chi connectivity index (χ3v) is 5.65. The number of nitrogens with one attached hydrogen (secondary N) is 1. The van der Waals surface area contributed by atoms with E-state index in [1.54, 1.807) is 17.8 Å². The molecular weight excluding hydrogens is 374 g/mol. The van der Waals surface area contributed by atoms with Crippen LogP contribution in [-0.2, 0) is 10.5 Å².